The first kappa shape index (κ1) is 15.2. The van der Waals surface area contributed by atoms with Gasteiger partial charge in [-0.25, -0.2) is 8.42 Å². The van der Waals surface area contributed by atoms with Gasteiger partial charge >= 0.3 is 5.97 Å². The highest BCUT2D eigenvalue weighted by Crippen LogP contribution is 2.26. The van der Waals surface area contributed by atoms with Gasteiger partial charge in [0.2, 0.25) is 0 Å². The van der Waals surface area contributed by atoms with E-state index in [1.165, 1.54) is 18.2 Å². The van der Waals surface area contributed by atoms with Crippen LogP contribution in [0.2, 0.25) is 0 Å². The van der Waals surface area contributed by atoms with Gasteiger partial charge in [0.1, 0.15) is 0 Å². The van der Waals surface area contributed by atoms with Gasteiger partial charge < -0.3 is 10.0 Å². The zero-order chi connectivity index (χ0) is 15.6. The molecule has 0 spiro atoms. The second kappa shape index (κ2) is 5.68. The van der Waals surface area contributed by atoms with Crippen molar-refractivity contribution in [1.82, 2.24) is 0 Å². The third-order valence-electron chi connectivity index (χ3n) is 3.31. The Bertz CT molecular complexity index is 672. The number of nitrogens with zero attached hydrogens (tertiary/aromatic N) is 2. The van der Waals surface area contributed by atoms with Gasteiger partial charge in [-0.2, -0.15) is 0 Å². The van der Waals surface area contributed by atoms with E-state index in [9.17, 15) is 23.3 Å². The van der Waals surface area contributed by atoms with Crippen LogP contribution in [0.1, 0.15) is 6.42 Å². The van der Waals surface area contributed by atoms with Crippen LogP contribution >= 0.6 is 0 Å². The van der Waals surface area contributed by atoms with E-state index in [4.69, 9.17) is 5.11 Å². The molecule has 0 radical (unpaired) electrons. The predicted octanol–water partition coefficient (Wildman–Crippen LogP) is 0.673. The van der Waals surface area contributed by atoms with Gasteiger partial charge in [-0.1, -0.05) is 6.07 Å². The van der Waals surface area contributed by atoms with Crippen LogP contribution in [0.3, 0.4) is 0 Å². The molecule has 1 unspecified atom stereocenters. The van der Waals surface area contributed by atoms with Crippen LogP contribution in [0.4, 0.5) is 11.4 Å². The number of aliphatic carboxylic acids is 1. The largest absolute Gasteiger partial charge is 0.481 e. The Hall–Kier alpha value is -2.16. The zero-order valence-corrected chi connectivity index (χ0v) is 11.8. The molecule has 0 amide bonds. The van der Waals surface area contributed by atoms with Crippen molar-refractivity contribution in [3.05, 3.63) is 34.4 Å². The van der Waals surface area contributed by atoms with E-state index in [-0.39, 0.29) is 30.2 Å². The van der Waals surface area contributed by atoms with Gasteiger partial charge in [0, 0.05) is 24.4 Å². The molecular weight excluding hydrogens is 300 g/mol. The second-order valence-corrected chi connectivity index (χ2v) is 7.07. The average Bonchev–Trinajstić information content (AvgIpc) is 2.37. The maximum atomic E-state index is 11.7. The summed E-state index contributed by atoms with van der Waals surface area (Å²) in [6, 6.07) is 5.04. The molecule has 0 aliphatic carbocycles. The number of sulfone groups is 1. The summed E-state index contributed by atoms with van der Waals surface area (Å²) in [5, 5.41) is 19.7. The first-order valence-corrected chi connectivity index (χ1v) is 8.04. The topological polar surface area (TPSA) is 118 Å². The van der Waals surface area contributed by atoms with Crippen LogP contribution in [0.25, 0.3) is 0 Å². The molecule has 1 aliphatic heterocycles. The molecule has 1 aliphatic rings. The van der Waals surface area contributed by atoms with Crippen LogP contribution in [0.5, 0.6) is 0 Å². The SMILES string of the molecule is O=C(O)CC1CS(=O)(=O)CCN1c1cccc([N+](=O)[O-])c1. The van der Waals surface area contributed by atoms with Crippen molar-refractivity contribution in [3.8, 4) is 0 Å². The number of nitro benzene ring substituents is 1. The zero-order valence-electron chi connectivity index (χ0n) is 11.0. The average molecular weight is 314 g/mol. The summed E-state index contributed by atoms with van der Waals surface area (Å²) in [5.41, 5.74) is 0.348. The lowest BCUT2D eigenvalue weighted by Crippen LogP contribution is -2.49. The van der Waals surface area contributed by atoms with E-state index >= 15 is 0 Å². The molecule has 21 heavy (non-hydrogen) atoms. The van der Waals surface area contributed by atoms with Crippen molar-refractivity contribution in [2.75, 3.05) is 23.0 Å². The molecule has 9 heteroatoms. The van der Waals surface area contributed by atoms with E-state index in [1.807, 2.05) is 0 Å². The molecular formula is C12H14N2O6S. The van der Waals surface area contributed by atoms with Gasteiger partial charge in [-0.3, -0.25) is 14.9 Å². The maximum absolute atomic E-state index is 11.7. The number of carboxylic acid groups (broad SMARTS) is 1. The number of non-ortho nitro benzene ring substituents is 1. The summed E-state index contributed by atoms with van der Waals surface area (Å²) in [5.74, 6) is -1.46. The number of carboxylic acids is 1. The van der Waals surface area contributed by atoms with Crippen molar-refractivity contribution in [2.45, 2.75) is 12.5 Å². The number of nitro groups is 1. The highest BCUT2D eigenvalue weighted by atomic mass is 32.2. The molecule has 2 rings (SSSR count). The fourth-order valence-electron chi connectivity index (χ4n) is 2.38. The minimum Gasteiger partial charge on any atom is -0.481 e. The molecule has 1 heterocycles. The van der Waals surface area contributed by atoms with Crippen molar-refractivity contribution in [3.63, 3.8) is 0 Å². The number of rotatable bonds is 4. The van der Waals surface area contributed by atoms with E-state index in [2.05, 4.69) is 0 Å². The fourth-order valence-corrected chi connectivity index (χ4v) is 3.91. The van der Waals surface area contributed by atoms with Crippen molar-refractivity contribution in [1.29, 1.82) is 0 Å². The Morgan fingerprint density at radius 1 is 1.48 bits per heavy atom. The summed E-state index contributed by atoms with van der Waals surface area (Å²) in [4.78, 5) is 22.8. The van der Waals surface area contributed by atoms with Crippen LogP contribution in [-0.4, -0.2) is 48.5 Å². The minimum atomic E-state index is -3.28. The van der Waals surface area contributed by atoms with Crippen molar-refractivity contribution < 1.29 is 23.2 Å². The Balaban J connectivity index is 2.33. The third-order valence-corrected chi connectivity index (χ3v) is 5.01. The first-order chi connectivity index (χ1) is 9.78. The summed E-state index contributed by atoms with van der Waals surface area (Å²) >= 11 is 0. The van der Waals surface area contributed by atoms with Gasteiger partial charge in [-0.05, 0) is 6.07 Å². The van der Waals surface area contributed by atoms with Crippen LogP contribution in [-0.2, 0) is 14.6 Å². The number of benzene rings is 1. The van der Waals surface area contributed by atoms with E-state index in [0.29, 0.717) is 5.69 Å². The molecule has 114 valence electrons. The standard InChI is InChI=1S/C12H14N2O6S/c15-12(16)7-11-8-21(19,20)5-4-13(11)9-2-1-3-10(6-9)14(17)18/h1-3,6,11H,4-5,7-8H2,(H,15,16). The summed E-state index contributed by atoms with van der Waals surface area (Å²) < 4.78 is 23.3. The van der Waals surface area contributed by atoms with E-state index in [1.54, 1.807) is 11.0 Å². The molecule has 1 atom stereocenters. The number of hydrogen-bond acceptors (Lipinski definition) is 6. The molecule has 1 aromatic carbocycles. The van der Waals surface area contributed by atoms with E-state index in [0.717, 1.165) is 0 Å². The van der Waals surface area contributed by atoms with Gasteiger partial charge in [0.15, 0.2) is 9.84 Å². The summed E-state index contributed by atoms with van der Waals surface area (Å²) in [7, 11) is -3.28. The molecule has 1 fully saturated rings. The Kier molecular flexibility index (Phi) is 4.12. The lowest BCUT2D eigenvalue weighted by atomic mass is 10.1. The molecule has 0 saturated carbocycles. The Morgan fingerprint density at radius 2 is 2.19 bits per heavy atom. The van der Waals surface area contributed by atoms with Gasteiger partial charge in [0.25, 0.3) is 5.69 Å². The quantitative estimate of drug-likeness (QED) is 0.641. The summed E-state index contributed by atoms with van der Waals surface area (Å²) in [6.45, 7) is 0.126. The fraction of sp³-hybridized carbons (Fsp3) is 0.417. The molecule has 1 N–H and O–H groups in total. The number of anilines is 1. The second-order valence-electron chi connectivity index (χ2n) is 4.84. The molecule has 0 bridgehead atoms. The van der Waals surface area contributed by atoms with Crippen molar-refractivity contribution in [2.24, 2.45) is 0 Å². The molecule has 8 nitrogen and oxygen atoms in total. The molecule has 1 aromatic rings. The van der Waals surface area contributed by atoms with Crippen LogP contribution in [0.15, 0.2) is 24.3 Å². The smallest absolute Gasteiger partial charge is 0.305 e. The van der Waals surface area contributed by atoms with E-state index < -0.39 is 26.8 Å². The predicted molar refractivity (Wildman–Crippen MR) is 75.1 cm³/mol. The normalized spacial score (nSPS) is 21.0. The van der Waals surface area contributed by atoms with Gasteiger partial charge in [-0.15, -0.1) is 0 Å². The van der Waals surface area contributed by atoms with Crippen LogP contribution in [0, 0.1) is 10.1 Å². The molecule has 1 saturated heterocycles. The Labute approximate surface area is 121 Å². The molecule has 0 aromatic heterocycles. The number of carbonyl (C=O) groups is 1. The first-order valence-electron chi connectivity index (χ1n) is 6.22. The lowest BCUT2D eigenvalue weighted by Gasteiger charge is -2.36. The highest BCUT2D eigenvalue weighted by Gasteiger charge is 2.33. The third kappa shape index (κ3) is 3.69. The lowest BCUT2D eigenvalue weighted by molar-refractivity contribution is -0.384. The van der Waals surface area contributed by atoms with Crippen molar-refractivity contribution >= 4 is 27.2 Å². The highest BCUT2D eigenvalue weighted by molar-refractivity contribution is 7.91. The monoisotopic (exact) mass is 314 g/mol. The Morgan fingerprint density at radius 3 is 2.81 bits per heavy atom. The number of hydrogen-bond donors (Lipinski definition) is 1. The van der Waals surface area contributed by atoms with Gasteiger partial charge in [0.05, 0.1) is 28.9 Å². The van der Waals surface area contributed by atoms with Crippen LogP contribution < -0.4 is 4.90 Å². The summed E-state index contributed by atoms with van der Waals surface area (Å²) in [6.07, 6.45) is -0.331. The minimum absolute atomic E-state index is 0.0915. The maximum Gasteiger partial charge on any atom is 0.305 e.